The fourth-order valence-corrected chi connectivity index (χ4v) is 2.47. The third-order valence-electron chi connectivity index (χ3n) is 4.21. The SMILES string of the molecule is C\C=C(C)/C=C\C=C(C)\C=C\C1=C(C)C(=O)CCC1(C)C. The molecule has 0 saturated carbocycles. The third-order valence-corrected chi connectivity index (χ3v) is 4.21. The average molecular weight is 284 g/mol. The molecule has 114 valence electrons. The first-order chi connectivity index (χ1) is 9.77. The molecule has 1 aliphatic rings. The summed E-state index contributed by atoms with van der Waals surface area (Å²) in [5.41, 5.74) is 4.63. The van der Waals surface area contributed by atoms with E-state index in [2.05, 4.69) is 64.2 Å². The minimum Gasteiger partial charge on any atom is -0.295 e. The Balaban J connectivity index is 2.92. The average Bonchev–Trinajstić information content (AvgIpc) is 2.43. The van der Waals surface area contributed by atoms with Gasteiger partial charge in [0, 0.05) is 6.42 Å². The van der Waals surface area contributed by atoms with E-state index in [1.807, 2.05) is 13.8 Å². The van der Waals surface area contributed by atoms with Crippen molar-refractivity contribution < 1.29 is 4.79 Å². The summed E-state index contributed by atoms with van der Waals surface area (Å²) in [6, 6.07) is 0. The molecule has 0 aliphatic heterocycles. The third kappa shape index (κ3) is 5.00. The summed E-state index contributed by atoms with van der Waals surface area (Å²) in [6.45, 7) is 12.6. The molecule has 0 aromatic carbocycles. The van der Waals surface area contributed by atoms with Gasteiger partial charge < -0.3 is 0 Å². The van der Waals surface area contributed by atoms with Crippen molar-refractivity contribution in [2.75, 3.05) is 0 Å². The van der Waals surface area contributed by atoms with Crippen molar-refractivity contribution in [3.8, 4) is 0 Å². The van der Waals surface area contributed by atoms with Crippen molar-refractivity contribution >= 4 is 5.78 Å². The maximum atomic E-state index is 11.9. The number of allylic oxidation sites excluding steroid dienone is 10. The van der Waals surface area contributed by atoms with Gasteiger partial charge in [-0.15, -0.1) is 0 Å². The molecule has 0 amide bonds. The zero-order valence-electron chi connectivity index (χ0n) is 14.3. The van der Waals surface area contributed by atoms with Gasteiger partial charge in [0.25, 0.3) is 0 Å². The van der Waals surface area contributed by atoms with Crippen LogP contribution in [-0.4, -0.2) is 5.78 Å². The Hall–Kier alpha value is -1.63. The molecule has 0 bridgehead atoms. The highest BCUT2D eigenvalue weighted by atomic mass is 16.1. The molecule has 0 unspecified atom stereocenters. The lowest BCUT2D eigenvalue weighted by atomic mass is 9.72. The molecule has 21 heavy (non-hydrogen) atoms. The normalized spacial score (nSPS) is 21.0. The Bertz CT molecular complexity index is 548. The summed E-state index contributed by atoms with van der Waals surface area (Å²) in [6.07, 6.45) is 14.2. The van der Waals surface area contributed by atoms with Gasteiger partial charge >= 0.3 is 0 Å². The van der Waals surface area contributed by atoms with E-state index in [9.17, 15) is 4.79 Å². The molecule has 0 spiro atoms. The van der Waals surface area contributed by atoms with Crippen molar-refractivity contribution in [1.82, 2.24) is 0 Å². The standard InChI is InChI=1S/C20H28O/c1-7-15(2)9-8-10-16(3)11-12-18-17(4)19(21)13-14-20(18,5)6/h7-12H,13-14H2,1-6H3/b9-8-,12-11+,15-7-,16-10+. The van der Waals surface area contributed by atoms with Crippen LogP contribution in [0.25, 0.3) is 0 Å². The van der Waals surface area contributed by atoms with Crippen LogP contribution < -0.4 is 0 Å². The van der Waals surface area contributed by atoms with Crippen LogP contribution in [0.2, 0.25) is 0 Å². The second kappa shape index (κ2) is 7.40. The van der Waals surface area contributed by atoms with Gasteiger partial charge in [0.15, 0.2) is 5.78 Å². The fourth-order valence-electron chi connectivity index (χ4n) is 2.47. The molecule has 0 aromatic heterocycles. The lowest BCUT2D eigenvalue weighted by Crippen LogP contribution is -2.24. The van der Waals surface area contributed by atoms with Crippen LogP contribution in [0.1, 0.15) is 54.4 Å². The minimum absolute atomic E-state index is 0.0894. The first-order valence-corrected chi connectivity index (χ1v) is 7.68. The van der Waals surface area contributed by atoms with Gasteiger partial charge in [0.05, 0.1) is 0 Å². The second-order valence-electron chi connectivity index (χ2n) is 6.48. The maximum Gasteiger partial charge on any atom is 0.158 e. The molecule has 0 aromatic rings. The van der Waals surface area contributed by atoms with Gasteiger partial charge in [-0.05, 0) is 50.7 Å². The van der Waals surface area contributed by atoms with Crippen LogP contribution in [0, 0.1) is 5.41 Å². The molecule has 0 saturated heterocycles. The van der Waals surface area contributed by atoms with Crippen LogP contribution >= 0.6 is 0 Å². The molecule has 0 atom stereocenters. The van der Waals surface area contributed by atoms with Crippen molar-refractivity contribution in [2.24, 2.45) is 5.41 Å². The van der Waals surface area contributed by atoms with Gasteiger partial charge in [0.2, 0.25) is 0 Å². The zero-order valence-corrected chi connectivity index (χ0v) is 14.3. The number of carbonyl (C=O) groups is 1. The number of Topliss-reactive ketones (excluding diaryl/α,β-unsaturated/α-hetero) is 1. The van der Waals surface area contributed by atoms with Crippen LogP contribution in [0.4, 0.5) is 0 Å². The van der Waals surface area contributed by atoms with Gasteiger partial charge in [-0.3, -0.25) is 4.79 Å². The molecule has 0 heterocycles. The van der Waals surface area contributed by atoms with Gasteiger partial charge in [-0.25, -0.2) is 0 Å². The van der Waals surface area contributed by atoms with Crippen LogP contribution in [0.3, 0.4) is 0 Å². The van der Waals surface area contributed by atoms with Crippen molar-refractivity contribution in [3.63, 3.8) is 0 Å². The fraction of sp³-hybridized carbons (Fsp3) is 0.450. The number of ketones is 1. The highest BCUT2D eigenvalue weighted by Crippen LogP contribution is 2.39. The molecule has 1 nitrogen and oxygen atoms in total. The van der Waals surface area contributed by atoms with E-state index in [1.54, 1.807) is 0 Å². The first kappa shape index (κ1) is 17.4. The monoisotopic (exact) mass is 284 g/mol. The van der Waals surface area contributed by atoms with E-state index in [0.717, 1.165) is 12.0 Å². The maximum absolute atomic E-state index is 11.9. The molecule has 1 heteroatoms. The van der Waals surface area contributed by atoms with Crippen LogP contribution in [-0.2, 0) is 4.79 Å². The zero-order chi connectivity index (χ0) is 16.0. The number of rotatable bonds is 4. The van der Waals surface area contributed by atoms with E-state index in [1.165, 1.54) is 16.7 Å². The summed E-state index contributed by atoms with van der Waals surface area (Å²) in [5.74, 6) is 0.291. The van der Waals surface area contributed by atoms with Gasteiger partial charge in [0.1, 0.15) is 0 Å². The molecular formula is C20H28O. The largest absolute Gasteiger partial charge is 0.295 e. The highest BCUT2D eigenvalue weighted by Gasteiger charge is 2.30. The summed E-state index contributed by atoms with van der Waals surface area (Å²) < 4.78 is 0. The lowest BCUT2D eigenvalue weighted by molar-refractivity contribution is -0.116. The van der Waals surface area contributed by atoms with E-state index < -0.39 is 0 Å². The predicted molar refractivity (Wildman–Crippen MR) is 92.2 cm³/mol. The van der Waals surface area contributed by atoms with Crippen LogP contribution in [0.15, 0.2) is 58.7 Å². The van der Waals surface area contributed by atoms with Crippen molar-refractivity contribution in [3.05, 3.63) is 58.7 Å². The predicted octanol–water partition coefficient (Wildman–Crippen LogP) is 5.72. The molecule has 1 aliphatic carbocycles. The summed E-state index contributed by atoms with van der Waals surface area (Å²) in [5, 5.41) is 0. The van der Waals surface area contributed by atoms with Gasteiger partial charge in [-0.2, -0.15) is 0 Å². The van der Waals surface area contributed by atoms with Crippen molar-refractivity contribution in [2.45, 2.75) is 54.4 Å². The smallest absolute Gasteiger partial charge is 0.158 e. The Kier molecular flexibility index (Phi) is 6.14. The molecule has 1 rings (SSSR count). The molecule has 0 N–H and O–H groups in total. The number of hydrogen-bond acceptors (Lipinski definition) is 1. The van der Waals surface area contributed by atoms with E-state index in [4.69, 9.17) is 0 Å². The summed E-state index contributed by atoms with van der Waals surface area (Å²) >= 11 is 0. The van der Waals surface area contributed by atoms with Crippen LogP contribution in [0.5, 0.6) is 0 Å². The van der Waals surface area contributed by atoms with Crippen molar-refractivity contribution in [1.29, 1.82) is 0 Å². The van der Waals surface area contributed by atoms with E-state index in [-0.39, 0.29) is 5.41 Å². The quantitative estimate of drug-likeness (QED) is 0.604. The van der Waals surface area contributed by atoms with Gasteiger partial charge in [-0.1, -0.05) is 61.4 Å². The van der Waals surface area contributed by atoms with E-state index >= 15 is 0 Å². The Morgan fingerprint density at radius 1 is 1.14 bits per heavy atom. The molecule has 0 radical (unpaired) electrons. The highest BCUT2D eigenvalue weighted by molar-refractivity contribution is 5.97. The van der Waals surface area contributed by atoms with E-state index in [0.29, 0.717) is 12.2 Å². The molecule has 0 fully saturated rings. The molecular weight excluding hydrogens is 256 g/mol. The second-order valence-corrected chi connectivity index (χ2v) is 6.48. The number of carbonyl (C=O) groups excluding carboxylic acids is 1. The minimum atomic E-state index is 0.0894. The Morgan fingerprint density at radius 2 is 1.81 bits per heavy atom. The Morgan fingerprint density at radius 3 is 2.43 bits per heavy atom. The summed E-state index contributed by atoms with van der Waals surface area (Å²) in [7, 11) is 0. The first-order valence-electron chi connectivity index (χ1n) is 7.68. The Labute approximate surface area is 129 Å². The topological polar surface area (TPSA) is 17.1 Å². The lowest BCUT2D eigenvalue weighted by Gasteiger charge is -2.32. The number of hydrogen-bond donors (Lipinski definition) is 0. The summed E-state index contributed by atoms with van der Waals surface area (Å²) in [4.78, 5) is 11.9.